The second kappa shape index (κ2) is 5.82. The summed E-state index contributed by atoms with van der Waals surface area (Å²) in [5, 5.41) is 3.45. The second-order valence-electron chi connectivity index (χ2n) is 5.74. The Morgan fingerprint density at radius 2 is 2.30 bits per heavy atom. The second-order valence-corrected chi connectivity index (χ2v) is 6.89. The fourth-order valence-electron chi connectivity index (χ4n) is 3.24. The van der Waals surface area contributed by atoms with Crippen LogP contribution in [0.3, 0.4) is 0 Å². The lowest BCUT2D eigenvalue weighted by Crippen LogP contribution is -2.46. The number of amides is 1. The van der Waals surface area contributed by atoms with E-state index in [0.717, 1.165) is 31.1 Å². The van der Waals surface area contributed by atoms with Gasteiger partial charge < -0.3 is 14.8 Å². The molecule has 0 aliphatic carbocycles. The smallest absolute Gasteiger partial charge is 0.224 e. The Morgan fingerprint density at radius 1 is 1.45 bits per heavy atom. The molecule has 2 atom stereocenters. The Kier molecular flexibility index (Phi) is 4.08. The van der Waals surface area contributed by atoms with E-state index in [-0.39, 0.29) is 6.04 Å². The molecular formula is C15H23N3OS. The summed E-state index contributed by atoms with van der Waals surface area (Å²) in [6.07, 6.45) is 0.636. The van der Waals surface area contributed by atoms with Crippen LogP contribution >= 0.6 is 11.8 Å². The number of nitrogens with one attached hydrogen (secondary N) is 1. The summed E-state index contributed by atoms with van der Waals surface area (Å²) < 4.78 is 2.34. The van der Waals surface area contributed by atoms with Gasteiger partial charge in [-0.2, -0.15) is 11.8 Å². The molecule has 5 heteroatoms. The largest absolute Gasteiger partial charge is 0.345 e. The van der Waals surface area contributed by atoms with E-state index in [4.69, 9.17) is 0 Å². The van der Waals surface area contributed by atoms with E-state index < -0.39 is 0 Å². The number of hydrogen-bond acceptors (Lipinski definition) is 3. The van der Waals surface area contributed by atoms with Crippen LogP contribution in [0.2, 0.25) is 0 Å². The first-order valence-corrected chi connectivity index (χ1v) is 8.59. The van der Waals surface area contributed by atoms with E-state index in [0.29, 0.717) is 18.4 Å². The summed E-state index contributed by atoms with van der Waals surface area (Å²) in [6, 6.07) is 4.86. The molecular weight excluding hydrogens is 270 g/mol. The highest BCUT2D eigenvalue weighted by Crippen LogP contribution is 2.28. The standard InChI is InChI=1S/C15H23N3OS/c1-11-3-4-14-12(2)18(7-6-17(11)14)15(19)9-13-10-20-8-5-16-13/h3-4,12-13,16H,5-10H2,1-2H3. The molecule has 2 aliphatic rings. The van der Waals surface area contributed by atoms with Gasteiger partial charge in [0.05, 0.1) is 6.04 Å². The van der Waals surface area contributed by atoms with Crippen molar-refractivity contribution in [3.63, 3.8) is 0 Å². The average molecular weight is 293 g/mol. The van der Waals surface area contributed by atoms with E-state index in [1.807, 2.05) is 11.8 Å². The third kappa shape index (κ3) is 2.61. The predicted octanol–water partition coefficient (Wildman–Crippen LogP) is 1.79. The molecule has 1 fully saturated rings. The molecule has 1 N–H and O–H groups in total. The minimum absolute atomic E-state index is 0.196. The number of hydrogen-bond donors (Lipinski definition) is 1. The average Bonchev–Trinajstić information content (AvgIpc) is 2.83. The monoisotopic (exact) mass is 293 g/mol. The Labute approximate surface area is 124 Å². The molecule has 1 aromatic heterocycles. The van der Waals surface area contributed by atoms with Crippen LogP contribution in [0.15, 0.2) is 12.1 Å². The van der Waals surface area contributed by atoms with E-state index in [1.165, 1.54) is 11.4 Å². The molecule has 0 bridgehead atoms. The van der Waals surface area contributed by atoms with Gasteiger partial charge in [0.1, 0.15) is 0 Å². The highest BCUT2D eigenvalue weighted by molar-refractivity contribution is 7.99. The molecule has 110 valence electrons. The SMILES string of the molecule is Cc1ccc2n1CCN(C(=O)CC1CSCCN1)C2C. The van der Waals surface area contributed by atoms with Crippen molar-refractivity contribution in [2.45, 2.75) is 38.9 Å². The van der Waals surface area contributed by atoms with Crippen LogP contribution in [-0.2, 0) is 11.3 Å². The first-order chi connectivity index (χ1) is 9.66. The molecule has 2 unspecified atom stereocenters. The number of thioether (sulfide) groups is 1. The van der Waals surface area contributed by atoms with Gasteiger partial charge in [0.15, 0.2) is 0 Å². The fourth-order valence-corrected chi connectivity index (χ4v) is 4.19. The summed E-state index contributed by atoms with van der Waals surface area (Å²) in [4.78, 5) is 14.6. The minimum atomic E-state index is 0.196. The van der Waals surface area contributed by atoms with E-state index in [9.17, 15) is 4.79 Å². The van der Waals surface area contributed by atoms with Gasteiger partial charge in [-0.25, -0.2) is 0 Å². The summed E-state index contributed by atoms with van der Waals surface area (Å²) in [5.74, 6) is 2.52. The molecule has 3 heterocycles. The van der Waals surface area contributed by atoms with Gasteiger partial charge in [0.2, 0.25) is 5.91 Å². The molecule has 2 aliphatic heterocycles. The maximum absolute atomic E-state index is 12.6. The van der Waals surface area contributed by atoms with Crippen LogP contribution in [0, 0.1) is 6.92 Å². The minimum Gasteiger partial charge on any atom is -0.345 e. The van der Waals surface area contributed by atoms with Crippen molar-refractivity contribution < 1.29 is 4.79 Å². The van der Waals surface area contributed by atoms with Gasteiger partial charge in [-0.1, -0.05) is 0 Å². The van der Waals surface area contributed by atoms with Crippen LogP contribution in [0.1, 0.15) is 30.8 Å². The van der Waals surface area contributed by atoms with Crippen molar-refractivity contribution >= 4 is 17.7 Å². The molecule has 1 aromatic rings. The number of rotatable bonds is 2. The van der Waals surface area contributed by atoms with Crippen molar-refractivity contribution in [3.8, 4) is 0 Å². The van der Waals surface area contributed by atoms with Crippen LogP contribution in [0.5, 0.6) is 0 Å². The molecule has 0 radical (unpaired) electrons. The summed E-state index contributed by atoms with van der Waals surface area (Å²) >= 11 is 1.95. The van der Waals surface area contributed by atoms with Crippen molar-refractivity contribution in [3.05, 3.63) is 23.5 Å². The topological polar surface area (TPSA) is 37.3 Å². The number of nitrogens with zero attached hydrogens (tertiary/aromatic N) is 2. The molecule has 1 amide bonds. The molecule has 0 saturated carbocycles. The molecule has 3 rings (SSSR count). The van der Waals surface area contributed by atoms with E-state index in [1.54, 1.807) is 0 Å². The third-order valence-electron chi connectivity index (χ3n) is 4.43. The number of fused-ring (bicyclic) bond motifs is 1. The lowest BCUT2D eigenvalue weighted by molar-refractivity contribution is -0.134. The van der Waals surface area contributed by atoms with Gasteiger partial charge in [0.25, 0.3) is 0 Å². The van der Waals surface area contributed by atoms with Crippen LogP contribution < -0.4 is 5.32 Å². The van der Waals surface area contributed by atoms with Gasteiger partial charge in [0, 0.05) is 55.0 Å². The van der Waals surface area contributed by atoms with Gasteiger partial charge in [-0.15, -0.1) is 0 Å². The maximum Gasteiger partial charge on any atom is 0.224 e. The fraction of sp³-hybridized carbons (Fsp3) is 0.667. The summed E-state index contributed by atoms with van der Waals surface area (Å²) in [6.45, 7) is 7.07. The van der Waals surface area contributed by atoms with Crippen molar-refractivity contribution in [1.82, 2.24) is 14.8 Å². The molecule has 4 nitrogen and oxygen atoms in total. The highest BCUT2D eigenvalue weighted by atomic mass is 32.2. The van der Waals surface area contributed by atoms with Crippen molar-refractivity contribution in [2.24, 2.45) is 0 Å². The van der Waals surface area contributed by atoms with Gasteiger partial charge in [-0.05, 0) is 26.0 Å². The number of aryl methyl sites for hydroxylation is 1. The third-order valence-corrected chi connectivity index (χ3v) is 5.56. The zero-order chi connectivity index (χ0) is 14.1. The normalized spacial score (nSPS) is 26.4. The number of carbonyl (C=O) groups excluding carboxylic acids is 1. The summed E-state index contributed by atoms with van der Waals surface area (Å²) in [7, 11) is 0. The Hall–Kier alpha value is -0.940. The van der Waals surface area contributed by atoms with Crippen molar-refractivity contribution in [1.29, 1.82) is 0 Å². The van der Waals surface area contributed by atoms with Crippen LogP contribution in [-0.4, -0.2) is 46.0 Å². The van der Waals surface area contributed by atoms with Crippen LogP contribution in [0.4, 0.5) is 0 Å². The number of carbonyl (C=O) groups is 1. The first kappa shape index (κ1) is 14.0. The zero-order valence-electron chi connectivity index (χ0n) is 12.3. The first-order valence-electron chi connectivity index (χ1n) is 7.43. The lowest BCUT2D eigenvalue weighted by Gasteiger charge is -2.36. The highest BCUT2D eigenvalue weighted by Gasteiger charge is 2.29. The van der Waals surface area contributed by atoms with E-state index >= 15 is 0 Å². The quantitative estimate of drug-likeness (QED) is 0.903. The van der Waals surface area contributed by atoms with Gasteiger partial charge >= 0.3 is 0 Å². The number of aromatic nitrogens is 1. The predicted molar refractivity (Wildman–Crippen MR) is 83.0 cm³/mol. The van der Waals surface area contributed by atoms with E-state index in [2.05, 4.69) is 40.8 Å². The summed E-state index contributed by atoms with van der Waals surface area (Å²) in [5.41, 5.74) is 2.57. The van der Waals surface area contributed by atoms with Crippen LogP contribution in [0.25, 0.3) is 0 Å². The zero-order valence-corrected chi connectivity index (χ0v) is 13.1. The molecule has 0 aromatic carbocycles. The van der Waals surface area contributed by atoms with Gasteiger partial charge in [-0.3, -0.25) is 4.79 Å². The maximum atomic E-state index is 12.6. The van der Waals surface area contributed by atoms with Crippen molar-refractivity contribution in [2.75, 3.05) is 24.6 Å². The molecule has 1 saturated heterocycles. The Morgan fingerprint density at radius 3 is 3.05 bits per heavy atom. The molecule has 20 heavy (non-hydrogen) atoms. The molecule has 0 spiro atoms. The Bertz CT molecular complexity index is 493. The lowest BCUT2D eigenvalue weighted by atomic mass is 10.1. The Balaban J connectivity index is 1.67.